The van der Waals surface area contributed by atoms with Gasteiger partial charge < -0.3 is 9.47 Å². The quantitative estimate of drug-likeness (QED) is 0.562. The molecule has 4 nitrogen and oxygen atoms in total. The van der Waals surface area contributed by atoms with E-state index >= 15 is 0 Å². The van der Waals surface area contributed by atoms with E-state index in [1.54, 1.807) is 0 Å². The smallest absolute Gasteiger partial charge is 0.265 e. The summed E-state index contributed by atoms with van der Waals surface area (Å²) in [5, 5.41) is 0.167. The molecule has 0 amide bonds. The topological polar surface area (TPSA) is 52.6 Å². The molecule has 0 bridgehead atoms. The standard InChI is InChI=1S/C10H11BrCl2O4S/c1-2-16-3-4-17-10-8(12)5-7(11)6-9(10)18(13,14)15/h5-6H,2-4H2,1H3. The van der Waals surface area contributed by atoms with Crippen LogP contribution in [0, 0.1) is 0 Å². The minimum Gasteiger partial charge on any atom is -0.488 e. The third kappa shape index (κ3) is 4.59. The van der Waals surface area contributed by atoms with Crippen LogP contribution in [0.2, 0.25) is 5.02 Å². The van der Waals surface area contributed by atoms with Crippen molar-refractivity contribution in [3.8, 4) is 5.75 Å². The molecule has 18 heavy (non-hydrogen) atoms. The molecule has 0 spiro atoms. The summed E-state index contributed by atoms with van der Waals surface area (Å²) in [4.78, 5) is -0.167. The molecule has 1 aromatic carbocycles. The van der Waals surface area contributed by atoms with Gasteiger partial charge in [0.25, 0.3) is 9.05 Å². The van der Waals surface area contributed by atoms with Gasteiger partial charge in [-0.05, 0) is 19.1 Å². The fourth-order valence-corrected chi connectivity index (χ4v) is 3.28. The highest BCUT2D eigenvalue weighted by Crippen LogP contribution is 2.37. The predicted octanol–water partition coefficient (Wildman–Crippen LogP) is 3.45. The third-order valence-corrected chi connectivity index (χ3v) is 3.98. The molecule has 8 heteroatoms. The molecule has 0 fully saturated rings. The lowest BCUT2D eigenvalue weighted by Gasteiger charge is -2.12. The molecule has 0 aromatic heterocycles. The summed E-state index contributed by atoms with van der Waals surface area (Å²) in [6.07, 6.45) is 0. The maximum absolute atomic E-state index is 11.4. The average Bonchev–Trinajstić information content (AvgIpc) is 2.24. The Labute approximate surface area is 124 Å². The van der Waals surface area contributed by atoms with Crippen LogP contribution >= 0.6 is 38.2 Å². The Morgan fingerprint density at radius 3 is 2.56 bits per heavy atom. The van der Waals surface area contributed by atoms with E-state index in [0.29, 0.717) is 17.7 Å². The fraction of sp³-hybridized carbons (Fsp3) is 0.400. The van der Waals surface area contributed by atoms with Crippen LogP contribution in [0.3, 0.4) is 0 Å². The summed E-state index contributed by atoms with van der Waals surface area (Å²) in [6, 6.07) is 2.87. The van der Waals surface area contributed by atoms with E-state index in [4.69, 9.17) is 31.8 Å². The number of halogens is 3. The highest BCUT2D eigenvalue weighted by molar-refractivity contribution is 9.10. The molecule has 0 aliphatic rings. The summed E-state index contributed by atoms with van der Waals surface area (Å²) >= 11 is 9.08. The highest BCUT2D eigenvalue weighted by atomic mass is 79.9. The molecule has 0 N–H and O–H groups in total. The number of hydrogen-bond acceptors (Lipinski definition) is 4. The second kappa shape index (κ2) is 6.96. The molecule has 0 aliphatic carbocycles. The largest absolute Gasteiger partial charge is 0.488 e. The number of ether oxygens (including phenoxy) is 2. The lowest BCUT2D eigenvalue weighted by Crippen LogP contribution is -2.08. The second-order valence-electron chi connectivity index (χ2n) is 3.20. The average molecular weight is 378 g/mol. The lowest BCUT2D eigenvalue weighted by molar-refractivity contribution is 0.109. The van der Waals surface area contributed by atoms with Crippen molar-refractivity contribution in [3.63, 3.8) is 0 Å². The van der Waals surface area contributed by atoms with Crippen LogP contribution < -0.4 is 4.74 Å². The van der Waals surface area contributed by atoms with Crippen molar-refractivity contribution in [2.24, 2.45) is 0 Å². The molecule has 0 saturated heterocycles. The third-order valence-electron chi connectivity index (χ3n) is 1.92. The molecule has 1 aromatic rings. The molecule has 1 rings (SSSR count). The van der Waals surface area contributed by atoms with Crippen molar-refractivity contribution in [2.45, 2.75) is 11.8 Å². The van der Waals surface area contributed by atoms with Crippen molar-refractivity contribution >= 4 is 47.3 Å². The van der Waals surface area contributed by atoms with Crippen LogP contribution in [0.25, 0.3) is 0 Å². The van der Waals surface area contributed by atoms with Gasteiger partial charge in [-0.15, -0.1) is 0 Å². The van der Waals surface area contributed by atoms with Crippen LogP contribution in [0.15, 0.2) is 21.5 Å². The Bertz CT molecular complexity index is 519. The van der Waals surface area contributed by atoms with Gasteiger partial charge in [0.1, 0.15) is 11.5 Å². The molecule has 0 radical (unpaired) electrons. The number of benzene rings is 1. The molecular weight excluding hydrogens is 367 g/mol. The zero-order valence-corrected chi connectivity index (χ0v) is 13.4. The first-order valence-corrected chi connectivity index (χ1v) is 8.48. The molecule has 0 aliphatic heterocycles. The van der Waals surface area contributed by atoms with Crippen molar-refractivity contribution < 1.29 is 17.9 Å². The molecule has 0 saturated carbocycles. The zero-order valence-electron chi connectivity index (χ0n) is 9.45. The number of rotatable bonds is 6. The van der Waals surface area contributed by atoms with Crippen LogP contribution in [-0.2, 0) is 13.8 Å². The number of hydrogen-bond donors (Lipinski definition) is 0. The summed E-state index contributed by atoms with van der Waals surface area (Å²) in [5.74, 6) is 0.0366. The Morgan fingerprint density at radius 1 is 1.33 bits per heavy atom. The normalized spacial score (nSPS) is 11.6. The van der Waals surface area contributed by atoms with Gasteiger partial charge in [-0.1, -0.05) is 27.5 Å². The molecule has 0 unspecified atom stereocenters. The van der Waals surface area contributed by atoms with Crippen molar-refractivity contribution in [2.75, 3.05) is 19.8 Å². The van der Waals surface area contributed by atoms with Crippen molar-refractivity contribution in [1.82, 2.24) is 0 Å². The minimum atomic E-state index is -3.93. The van der Waals surface area contributed by atoms with E-state index in [0.717, 1.165) is 0 Å². The van der Waals surface area contributed by atoms with Crippen molar-refractivity contribution in [1.29, 1.82) is 0 Å². The Morgan fingerprint density at radius 2 is 2.00 bits per heavy atom. The Kier molecular flexibility index (Phi) is 6.20. The molecule has 0 atom stereocenters. The van der Waals surface area contributed by atoms with Gasteiger partial charge in [0.05, 0.1) is 11.6 Å². The van der Waals surface area contributed by atoms with Gasteiger partial charge in [0.15, 0.2) is 5.75 Å². The predicted molar refractivity (Wildman–Crippen MR) is 74.2 cm³/mol. The monoisotopic (exact) mass is 376 g/mol. The Balaban J connectivity index is 3.02. The zero-order chi connectivity index (χ0) is 13.8. The van der Waals surface area contributed by atoms with E-state index in [9.17, 15) is 8.42 Å². The van der Waals surface area contributed by atoms with Crippen LogP contribution in [-0.4, -0.2) is 28.2 Å². The summed E-state index contributed by atoms with van der Waals surface area (Å²) < 4.78 is 33.7. The van der Waals surface area contributed by atoms with E-state index in [1.165, 1.54) is 12.1 Å². The van der Waals surface area contributed by atoms with E-state index in [1.807, 2.05) is 6.92 Å². The van der Waals surface area contributed by atoms with Crippen LogP contribution in [0.5, 0.6) is 5.75 Å². The van der Waals surface area contributed by atoms with Crippen LogP contribution in [0.1, 0.15) is 6.92 Å². The van der Waals surface area contributed by atoms with Crippen molar-refractivity contribution in [3.05, 3.63) is 21.6 Å². The SMILES string of the molecule is CCOCCOc1c(Cl)cc(Br)cc1S(=O)(=O)Cl. The Hall–Kier alpha value is -0.0100. The molecule has 0 heterocycles. The molecule has 102 valence electrons. The maximum Gasteiger partial charge on any atom is 0.265 e. The van der Waals surface area contributed by atoms with Gasteiger partial charge >= 0.3 is 0 Å². The first-order chi connectivity index (χ1) is 8.36. The fourth-order valence-electron chi connectivity index (χ4n) is 1.20. The van der Waals surface area contributed by atoms with E-state index in [2.05, 4.69) is 15.9 Å². The first-order valence-electron chi connectivity index (χ1n) is 5.00. The van der Waals surface area contributed by atoms with E-state index in [-0.39, 0.29) is 22.3 Å². The summed E-state index contributed by atoms with van der Waals surface area (Å²) in [6.45, 7) is 2.93. The van der Waals surface area contributed by atoms with Gasteiger partial charge in [-0.3, -0.25) is 0 Å². The lowest BCUT2D eigenvalue weighted by atomic mass is 10.3. The summed E-state index contributed by atoms with van der Waals surface area (Å²) in [5.41, 5.74) is 0. The molecular formula is C10H11BrCl2O4S. The van der Waals surface area contributed by atoms with Crippen LogP contribution in [0.4, 0.5) is 0 Å². The van der Waals surface area contributed by atoms with E-state index < -0.39 is 9.05 Å². The second-order valence-corrected chi connectivity index (χ2v) is 7.06. The van der Waals surface area contributed by atoms with Gasteiger partial charge in [0, 0.05) is 21.8 Å². The highest BCUT2D eigenvalue weighted by Gasteiger charge is 2.20. The minimum absolute atomic E-state index is 0.0366. The maximum atomic E-state index is 11.4. The van der Waals surface area contributed by atoms with Gasteiger partial charge in [-0.2, -0.15) is 0 Å². The summed E-state index contributed by atoms with van der Waals surface area (Å²) in [7, 11) is 1.40. The van der Waals surface area contributed by atoms with Gasteiger partial charge in [-0.25, -0.2) is 8.42 Å². The van der Waals surface area contributed by atoms with Gasteiger partial charge in [0.2, 0.25) is 0 Å². The first kappa shape index (κ1) is 16.0.